The molecule has 1 aromatic rings. The summed E-state index contributed by atoms with van der Waals surface area (Å²) < 4.78 is 5.77. The van der Waals surface area contributed by atoms with E-state index in [1.165, 1.54) is 0 Å². The fourth-order valence-corrected chi connectivity index (χ4v) is 3.24. The molecule has 0 spiro atoms. The zero-order valence-electron chi connectivity index (χ0n) is 12.1. The standard InChI is InChI=1S/C15H21N3O2/c1-3-20-14-7-13-9-17(11(2)19)8-12-5-4-6-16-15(12)18(13)10-14/h4-6,13-14H,3,7-10H2,1-2H3/t13-,14+/m0/s1. The fourth-order valence-electron chi connectivity index (χ4n) is 3.24. The lowest BCUT2D eigenvalue weighted by atomic mass is 10.2. The molecule has 2 aliphatic rings. The highest BCUT2D eigenvalue weighted by Crippen LogP contribution is 2.32. The van der Waals surface area contributed by atoms with Gasteiger partial charge >= 0.3 is 0 Å². The van der Waals surface area contributed by atoms with Gasteiger partial charge in [-0.15, -0.1) is 0 Å². The van der Waals surface area contributed by atoms with Crippen molar-refractivity contribution in [2.24, 2.45) is 0 Å². The Morgan fingerprint density at radius 3 is 3.10 bits per heavy atom. The molecule has 2 atom stereocenters. The normalized spacial score (nSPS) is 25.1. The maximum atomic E-state index is 11.8. The van der Waals surface area contributed by atoms with E-state index in [1.807, 2.05) is 24.1 Å². The number of hydrogen-bond donors (Lipinski definition) is 0. The first-order valence-electron chi connectivity index (χ1n) is 7.26. The van der Waals surface area contributed by atoms with Crippen LogP contribution in [0.3, 0.4) is 0 Å². The van der Waals surface area contributed by atoms with Gasteiger partial charge in [0.1, 0.15) is 5.82 Å². The molecule has 0 radical (unpaired) electrons. The monoisotopic (exact) mass is 275 g/mol. The van der Waals surface area contributed by atoms with E-state index in [9.17, 15) is 4.79 Å². The first-order valence-corrected chi connectivity index (χ1v) is 7.26. The second-order valence-corrected chi connectivity index (χ2v) is 5.50. The summed E-state index contributed by atoms with van der Waals surface area (Å²) in [5.41, 5.74) is 1.13. The van der Waals surface area contributed by atoms with Gasteiger partial charge in [-0.3, -0.25) is 4.79 Å². The molecule has 1 saturated heterocycles. The van der Waals surface area contributed by atoms with Crippen molar-refractivity contribution >= 4 is 11.7 Å². The van der Waals surface area contributed by atoms with Crippen molar-refractivity contribution in [2.45, 2.75) is 39.0 Å². The third-order valence-corrected chi connectivity index (χ3v) is 4.16. The molecule has 0 aromatic carbocycles. The molecule has 1 fully saturated rings. The molecule has 108 valence electrons. The number of ether oxygens (including phenoxy) is 1. The number of amides is 1. The summed E-state index contributed by atoms with van der Waals surface area (Å²) in [5.74, 6) is 1.14. The number of carbonyl (C=O) groups is 1. The second kappa shape index (κ2) is 5.40. The topological polar surface area (TPSA) is 45.7 Å². The average molecular weight is 275 g/mol. The second-order valence-electron chi connectivity index (χ2n) is 5.50. The van der Waals surface area contributed by atoms with Gasteiger partial charge in [-0.1, -0.05) is 6.07 Å². The fraction of sp³-hybridized carbons (Fsp3) is 0.600. The van der Waals surface area contributed by atoms with Crippen LogP contribution in [0.2, 0.25) is 0 Å². The SMILES string of the molecule is CCO[C@@H]1C[C@H]2CN(C(C)=O)Cc3cccnc3N2C1. The number of aromatic nitrogens is 1. The summed E-state index contributed by atoms with van der Waals surface area (Å²) in [6.45, 7) is 6.68. The molecule has 0 aliphatic carbocycles. The van der Waals surface area contributed by atoms with Crippen LogP contribution in [-0.4, -0.2) is 47.6 Å². The van der Waals surface area contributed by atoms with Crippen LogP contribution in [0.5, 0.6) is 0 Å². The zero-order chi connectivity index (χ0) is 14.1. The number of rotatable bonds is 2. The molecule has 2 aliphatic heterocycles. The van der Waals surface area contributed by atoms with E-state index in [2.05, 4.69) is 16.0 Å². The summed E-state index contributed by atoms with van der Waals surface area (Å²) in [6.07, 6.45) is 3.03. The number of anilines is 1. The largest absolute Gasteiger partial charge is 0.377 e. The third kappa shape index (κ3) is 2.38. The van der Waals surface area contributed by atoms with Crippen molar-refractivity contribution in [3.05, 3.63) is 23.9 Å². The Kier molecular flexibility index (Phi) is 3.61. The van der Waals surface area contributed by atoms with Crippen LogP contribution in [-0.2, 0) is 16.1 Å². The Morgan fingerprint density at radius 2 is 2.35 bits per heavy atom. The summed E-state index contributed by atoms with van der Waals surface area (Å²) in [4.78, 5) is 20.6. The van der Waals surface area contributed by atoms with E-state index in [4.69, 9.17) is 4.74 Å². The molecular formula is C15H21N3O2. The molecule has 0 saturated carbocycles. The van der Waals surface area contributed by atoms with Gasteiger partial charge < -0.3 is 14.5 Å². The molecule has 0 unspecified atom stereocenters. The Bertz CT molecular complexity index is 506. The van der Waals surface area contributed by atoms with Gasteiger partial charge in [0, 0.05) is 44.9 Å². The molecular weight excluding hydrogens is 254 g/mol. The first-order chi connectivity index (χ1) is 9.69. The number of pyridine rings is 1. The lowest BCUT2D eigenvalue weighted by Crippen LogP contribution is -2.39. The van der Waals surface area contributed by atoms with Crippen LogP contribution in [0.4, 0.5) is 5.82 Å². The molecule has 0 N–H and O–H groups in total. The Labute approximate surface area is 119 Å². The Morgan fingerprint density at radius 1 is 1.50 bits per heavy atom. The predicted molar refractivity (Wildman–Crippen MR) is 76.5 cm³/mol. The van der Waals surface area contributed by atoms with Crippen molar-refractivity contribution in [3.8, 4) is 0 Å². The molecule has 5 heteroatoms. The van der Waals surface area contributed by atoms with Crippen molar-refractivity contribution in [3.63, 3.8) is 0 Å². The van der Waals surface area contributed by atoms with E-state index in [1.54, 1.807) is 6.92 Å². The maximum Gasteiger partial charge on any atom is 0.219 e. The van der Waals surface area contributed by atoms with Gasteiger partial charge in [0.05, 0.1) is 12.1 Å². The lowest BCUT2D eigenvalue weighted by molar-refractivity contribution is -0.129. The highest BCUT2D eigenvalue weighted by Gasteiger charge is 2.38. The molecule has 20 heavy (non-hydrogen) atoms. The summed E-state index contributed by atoms with van der Waals surface area (Å²) in [5, 5.41) is 0. The maximum absolute atomic E-state index is 11.8. The van der Waals surface area contributed by atoms with Gasteiger partial charge in [0.15, 0.2) is 0 Å². The Hall–Kier alpha value is -1.62. The minimum Gasteiger partial charge on any atom is -0.377 e. The summed E-state index contributed by atoms with van der Waals surface area (Å²) >= 11 is 0. The highest BCUT2D eigenvalue weighted by atomic mass is 16.5. The lowest BCUT2D eigenvalue weighted by Gasteiger charge is -2.25. The minimum atomic E-state index is 0.126. The van der Waals surface area contributed by atoms with Crippen molar-refractivity contribution in [1.29, 1.82) is 0 Å². The van der Waals surface area contributed by atoms with Gasteiger partial charge in [-0.2, -0.15) is 0 Å². The zero-order valence-corrected chi connectivity index (χ0v) is 12.1. The van der Waals surface area contributed by atoms with Gasteiger partial charge in [-0.25, -0.2) is 4.98 Å². The first kappa shape index (κ1) is 13.4. The quantitative estimate of drug-likeness (QED) is 0.819. The van der Waals surface area contributed by atoms with Crippen LogP contribution in [0.25, 0.3) is 0 Å². The smallest absolute Gasteiger partial charge is 0.219 e. The number of carbonyl (C=O) groups excluding carboxylic acids is 1. The van der Waals surface area contributed by atoms with E-state index in [-0.39, 0.29) is 12.0 Å². The molecule has 3 heterocycles. The van der Waals surface area contributed by atoms with Crippen molar-refractivity contribution < 1.29 is 9.53 Å². The molecule has 3 rings (SSSR count). The van der Waals surface area contributed by atoms with E-state index >= 15 is 0 Å². The summed E-state index contributed by atoms with van der Waals surface area (Å²) in [6, 6.07) is 4.31. The third-order valence-electron chi connectivity index (χ3n) is 4.16. The van der Waals surface area contributed by atoms with E-state index in [0.717, 1.165) is 37.5 Å². The minimum absolute atomic E-state index is 0.126. The average Bonchev–Trinajstić information content (AvgIpc) is 2.74. The number of nitrogens with zero attached hydrogens (tertiary/aromatic N) is 3. The highest BCUT2D eigenvalue weighted by molar-refractivity contribution is 5.74. The van der Waals surface area contributed by atoms with Crippen LogP contribution in [0, 0.1) is 0 Å². The molecule has 0 bridgehead atoms. The van der Waals surface area contributed by atoms with Gasteiger partial charge in [0.2, 0.25) is 5.91 Å². The van der Waals surface area contributed by atoms with Crippen LogP contribution in [0.1, 0.15) is 25.8 Å². The molecule has 1 aromatic heterocycles. The molecule has 1 amide bonds. The van der Waals surface area contributed by atoms with Gasteiger partial charge in [0.25, 0.3) is 0 Å². The summed E-state index contributed by atoms with van der Waals surface area (Å²) in [7, 11) is 0. The predicted octanol–water partition coefficient (Wildman–Crippen LogP) is 1.43. The van der Waals surface area contributed by atoms with Crippen molar-refractivity contribution in [1.82, 2.24) is 9.88 Å². The van der Waals surface area contributed by atoms with Crippen LogP contribution in [0.15, 0.2) is 18.3 Å². The number of fused-ring (bicyclic) bond motifs is 3. The van der Waals surface area contributed by atoms with Crippen molar-refractivity contribution in [2.75, 3.05) is 24.6 Å². The number of hydrogen-bond acceptors (Lipinski definition) is 4. The molecule has 5 nitrogen and oxygen atoms in total. The van der Waals surface area contributed by atoms with Crippen LogP contribution >= 0.6 is 0 Å². The Balaban J connectivity index is 1.92. The van der Waals surface area contributed by atoms with Crippen LogP contribution < -0.4 is 4.90 Å². The van der Waals surface area contributed by atoms with Gasteiger partial charge in [-0.05, 0) is 19.4 Å². The van der Waals surface area contributed by atoms with E-state index in [0.29, 0.717) is 12.6 Å². The van der Waals surface area contributed by atoms with E-state index < -0.39 is 0 Å².